The Morgan fingerprint density at radius 2 is 2.18 bits per heavy atom. The van der Waals surface area contributed by atoms with Crippen LogP contribution < -0.4 is 5.32 Å². The van der Waals surface area contributed by atoms with Gasteiger partial charge in [0, 0.05) is 11.4 Å². The molecule has 0 saturated carbocycles. The lowest BCUT2D eigenvalue weighted by atomic mass is 10.0. The van der Waals surface area contributed by atoms with E-state index in [1.54, 1.807) is 0 Å². The summed E-state index contributed by atoms with van der Waals surface area (Å²) >= 11 is 3.35. The highest BCUT2D eigenvalue weighted by Gasteiger charge is 2.17. The first-order chi connectivity index (χ1) is 8.02. The smallest absolute Gasteiger partial charge is 0.307 e. The van der Waals surface area contributed by atoms with E-state index in [4.69, 9.17) is 0 Å². The molecule has 5 heteroatoms. The number of ether oxygens (including phenoxy) is 1. The Hall–Kier alpha value is -1.36. The first-order valence-electron chi connectivity index (χ1n) is 5.12. The number of esters is 1. The summed E-state index contributed by atoms with van der Waals surface area (Å²) in [5, 5.41) is 2.73. The molecule has 0 heterocycles. The van der Waals surface area contributed by atoms with Crippen molar-refractivity contribution in [2.24, 2.45) is 0 Å². The predicted molar refractivity (Wildman–Crippen MR) is 67.3 cm³/mol. The Balaban J connectivity index is 2.89. The minimum Gasteiger partial charge on any atom is -0.469 e. The van der Waals surface area contributed by atoms with Gasteiger partial charge >= 0.3 is 5.97 Å². The maximum Gasteiger partial charge on any atom is 0.307 e. The number of benzene rings is 1. The molecule has 1 atom stereocenters. The molecule has 0 fully saturated rings. The second-order valence-corrected chi connectivity index (χ2v) is 4.50. The third-order valence-corrected chi connectivity index (χ3v) is 2.72. The van der Waals surface area contributed by atoms with Crippen molar-refractivity contribution >= 4 is 27.8 Å². The van der Waals surface area contributed by atoms with Gasteiger partial charge in [-0.05, 0) is 17.7 Å². The first kappa shape index (κ1) is 13.7. The average Bonchev–Trinajstić information content (AvgIpc) is 2.27. The molecular weight excluding hydrogens is 286 g/mol. The highest BCUT2D eigenvalue weighted by atomic mass is 79.9. The number of amides is 1. The SMILES string of the molecule is COC(=O)CC(NC(C)=O)c1cccc(Br)c1. The number of hydrogen-bond donors (Lipinski definition) is 1. The third kappa shape index (κ3) is 4.56. The van der Waals surface area contributed by atoms with Crippen LogP contribution >= 0.6 is 15.9 Å². The lowest BCUT2D eigenvalue weighted by Crippen LogP contribution is -2.28. The van der Waals surface area contributed by atoms with Crippen molar-refractivity contribution < 1.29 is 14.3 Å². The highest BCUT2D eigenvalue weighted by Crippen LogP contribution is 2.21. The van der Waals surface area contributed by atoms with E-state index in [1.807, 2.05) is 24.3 Å². The van der Waals surface area contributed by atoms with E-state index in [1.165, 1.54) is 14.0 Å². The van der Waals surface area contributed by atoms with Gasteiger partial charge in [0.05, 0.1) is 19.6 Å². The Bertz CT molecular complexity index is 420. The van der Waals surface area contributed by atoms with E-state index >= 15 is 0 Å². The van der Waals surface area contributed by atoms with E-state index < -0.39 is 0 Å². The molecule has 0 radical (unpaired) electrons. The molecule has 0 aromatic heterocycles. The van der Waals surface area contributed by atoms with Crippen molar-refractivity contribution in [1.82, 2.24) is 5.32 Å². The normalized spacial score (nSPS) is 11.7. The summed E-state index contributed by atoms with van der Waals surface area (Å²) in [4.78, 5) is 22.4. The molecule has 4 nitrogen and oxygen atoms in total. The molecular formula is C12H14BrNO3. The minimum atomic E-state index is -0.363. The van der Waals surface area contributed by atoms with Crippen LogP contribution in [0.25, 0.3) is 0 Å². The van der Waals surface area contributed by atoms with Gasteiger partial charge in [-0.3, -0.25) is 9.59 Å². The van der Waals surface area contributed by atoms with Crippen molar-refractivity contribution in [2.45, 2.75) is 19.4 Å². The van der Waals surface area contributed by atoms with Crippen LogP contribution in [0.2, 0.25) is 0 Å². The molecule has 1 amide bonds. The van der Waals surface area contributed by atoms with Crippen LogP contribution in [-0.4, -0.2) is 19.0 Å². The topological polar surface area (TPSA) is 55.4 Å². The molecule has 1 aromatic rings. The van der Waals surface area contributed by atoms with Gasteiger partial charge < -0.3 is 10.1 Å². The summed E-state index contributed by atoms with van der Waals surface area (Å²) in [6.07, 6.45) is 0.118. The van der Waals surface area contributed by atoms with Gasteiger partial charge in [-0.15, -0.1) is 0 Å². The second kappa shape index (κ2) is 6.39. The van der Waals surface area contributed by atoms with E-state index in [9.17, 15) is 9.59 Å². The van der Waals surface area contributed by atoms with E-state index in [0.29, 0.717) is 0 Å². The number of rotatable bonds is 4. The van der Waals surface area contributed by atoms with Crippen LogP contribution in [0.15, 0.2) is 28.7 Å². The molecule has 17 heavy (non-hydrogen) atoms. The van der Waals surface area contributed by atoms with E-state index in [-0.39, 0.29) is 24.3 Å². The Labute approximate surface area is 108 Å². The highest BCUT2D eigenvalue weighted by molar-refractivity contribution is 9.10. The number of nitrogens with one attached hydrogen (secondary N) is 1. The Kier molecular flexibility index (Phi) is 5.15. The summed E-state index contributed by atoms with van der Waals surface area (Å²) in [7, 11) is 1.33. The number of halogens is 1. The molecule has 92 valence electrons. The van der Waals surface area contributed by atoms with Crippen molar-refractivity contribution in [3.05, 3.63) is 34.3 Å². The maximum atomic E-state index is 11.3. The molecule has 1 N–H and O–H groups in total. The predicted octanol–water partition coefficient (Wildman–Crippen LogP) is 2.19. The van der Waals surface area contributed by atoms with Gasteiger partial charge in [0.25, 0.3) is 0 Å². The zero-order valence-electron chi connectivity index (χ0n) is 9.70. The molecule has 1 aromatic carbocycles. The summed E-state index contributed by atoms with van der Waals surface area (Å²) in [5.74, 6) is -0.539. The number of carbonyl (C=O) groups is 2. The molecule has 0 saturated heterocycles. The van der Waals surface area contributed by atoms with Crippen LogP contribution in [0.4, 0.5) is 0 Å². The fraction of sp³-hybridized carbons (Fsp3) is 0.333. The standard InChI is InChI=1S/C12H14BrNO3/c1-8(15)14-11(7-12(16)17-2)9-4-3-5-10(13)6-9/h3-6,11H,7H2,1-2H3,(H,14,15). The Morgan fingerprint density at radius 3 is 2.71 bits per heavy atom. The summed E-state index contributed by atoms with van der Waals surface area (Å²) in [6, 6.07) is 7.09. The number of methoxy groups -OCH3 is 1. The second-order valence-electron chi connectivity index (χ2n) is 3.59. The molecule has 0 aliphatic rings. The van der Waals surface area contributed by atoms with E-state index in [0.717, 1.165) is 10.0 Å². The van der Waals surface area contributed by atoms with E-state index in [2.05, 4.69) is 26.0 Å². The van der Waals surface area contributed by atoms with Crippen LogP contribution in [-0.2, 0) is 14.3 Å². The van der Waals surface area contributed by atoms with Crippen molar-refractivity contribution in [3.63, 3.8) is 0 Å². The van der Waals surface area contributed by atoms with Gasteiger partial charge in [-0.2, -0.15) is 0 Å². The maximum absolute atomic E-state index is 11.3. The van der Waals surface area contributed by atoms with Crippen molar-refractivity contribution in [2.75, 3.05) is 7.11 Å². The van der Waals surface area contributed by atoms with Crippen LogP contribution in [0, 0.1) is 0 Å². The molecule has 1 rings (SSSR count). The van der Waals surface area contributed by atoms with Gasteiger partial charge in [0.2, 0.25) is 5.91 Å². The van der Waals surface area contributed by atoms with Gasteiger partial charge in [-0.1, -0.05) is 28.1 Å². The lowest BCUT2D eigenvalue weighted by molar-refractivity contribution is -0.141. The largest absolute Gasteiger partial charge is 0.469 e. The quantitative estimate of drug-likeness (QED) is 0.867. The summed E-state index contributed by atoms with van der Waals surface area (Å²) < 4.78 is 5.51. The monoisotopic (exact) mass is 299 g/mol. The third-order valence-electron chi connectivity index (χ3n) is 2.23. The van der Waals surface area contributed by atoms with Crippen LogP contribution in [0.3, 0.4) is 0 Å². The average molecular weight is 300 g/mol. The molecule has 0 bridgehead atoms. The summed E-state index contributed by atoms with van der Waals surface area (Å²) in [6.45, 7) is 1.42. The Morgan fingerprint density at radius 1 is 1.47 bits per heavy atom. The van der Waals surface area contributed by atoms with Crippen molar-refractivity contribution in [1.29, 1.82) is 0 Å². The fourth-order valence-electron chi connectivity index (χ4n) is 1.47. The molecule has 0 aliphatic carbocycles. The van der Waals surface area contributed by atoms with Gasteiger partial charge in [0.15, 0.2) is 0 Å². The number of hydrogen-bond acceptors (Lipinski definition) is 3. The van der Waals surface area contributed by atoms with Crippen molar-refractivity contribution in [3.8, 4) is 0 Å². The molecule has 1 unspecified atom stereocenters. The van der Waals surface area contributed by atoms with Crippen LogP contribution in [0.5, 0.6) is 0 Å². The molecule has 0 spiro atoms. The first-order valence-corrected chi connectivity index (χ1v) is 5.91. The minimum absolute atomic E-state index is 0.118. The zero-order valence-corrected chi connectivity index (χ0v) is 11.3. The van der Waals surface area contributed by atoms with Crippen LogP contribution in [0.1, 0.15) is 24.9 Å². The fourth-order valence-corrected chi connectivity index (χ4v) is 1.89. The van der Waals surface area contributed by atoms with Gasteiger partial charge in [0.1, 0.15) is 0 Å². The molecule has 0 aliphatic heterocycles. The summed E-state index contributed by atoms with van der Waals surface area (Å²) in [5.41, 5.74) is 0.861. The lowest BCUT2D eigenvalue weighted by Gasteiger charge is -2.17. The zero-order chi connectivity index (χ0) is 12.8. The van der Waals surface area contributed by atoms with Gasteiger partial charge in [-0.25, -0.2) is 0 Å². The number of carbonyl (C=O) groups excluding carboxylic acids is 2.